The molecule has 3 N–H and O–H groups in total. The number of carboxylic acids is 1. The van der Waals surface area contributed by atoms with Gasteiger partial charge in [-0.15, -0.1) is 0 Å². The van der Waals surface area contributed by atoms with Gasteiger partial charge in [0.15, 0.2) is 6.04 Å². The molecule has 3 atom stereocenters. The summed E-state index contributed by atoms with van der Waals surface area (Å²) in [4.78, 5) is 43.2. The van der Waals surface area contributed by atoms with Gasteiger partial charge in [-0.3, -0.25) is 9.59 Å². The molecular weight excluding hydrogens is 613 g/mol. The Hall–Kier alpha value is -3.43. The number of aliphatic hydroxyl groups excluding tert-OH is 1. The minimum Gasteiger partial charge on any atom is -0.480 e. The molecule has 0 spiro atoms. The second-order valence-corrected chi connectivity index (χ2v) is 13.1. The molecule has 2 saturated heterocycles. The fraction of sp³-hybridized carbons (Fsp3) is 0.400. The number of nitrogens with one attached hydrogen (secondary N) is 1. The molecule has 5 rings (SSSR count). The molecule has 2 aliphatic rings. The molecule has 0 radical (unpaired) electrons. The standard InChI is InChI=1S/C35H39Cl2N3O5/c1-24(41)30(32(43)44)38-33(45)35(26-10-6-3-7-11-26)16-19-39(20-17-35)18-14-34(27-12-13-28(36)29(37)22-27)15-21-40(23-34)31(42)25-8-4-2-5-9-25/h2-13,22,24,30,41H,14-21,23H2,1H3,(H,38,45)(H,43,44). The summed E-state index contributed by atoms with van der Waals surface area (Å²) in [6.07, 6.45) is 1.30. The van der Waals surface area contributed by atoms with Gasteiger partial charge in [0.1, 0.15) is 0 Å². The molecule has 45 heavy (non-hydrogen) atoms. The van der Waals surface area contributed by atoms with E-state index in [9.17, 15) is 24.6 Å². The first kappa shape index (κ1) is 32.9. The van der Waals surface area contributed by atoms with E-state index in [-0.39, 0.29) is 17.2 Å². The van der Waals surface area contributed by atoms with Gasteiger partial charge in [-0.1, -0.05) is 77.8 Å². The monoisotopic (exact) mass is 651 g/mol. The number of benzene rings is 3. The Labute approximate surface area is 273 Å². The van der Waals surface area contributed by atoms with Crippen molar-refractivity contribution in [3.8, 4) is 0 Å². The molecule has 8 nitrogen and oxygen atoms in total. The summed E-state index contributed by atoms with van der Waals surface area (Å²) in [5, 5.41) is 23.2. The molecule has 0 saturated carbocycles. The number of carboxylic acid groups (broad SMARTS) is 1. The van der Waals surface area contributed by atoms with Crippen LogP contribution in [0.25, 0.3) is 0 Å². The van der Waals surface area contributed by atoms with E-state index in [1.807, 2.05) is 83.8 Å². The summed E-state index contributed by atoms with van der Waals surface area (Å²) in [7, 11) is 0. The minimum atomic E-state index is -1.40. The summed E-state index contributed by atoms with van der Waals surface area (Å²) in [5.74, 6) is -1.66. The minimum absolute atomic E-state index is 0.00558. The number of aliphatic hydroxyl groups is 1. The number of aliphatic carboxylic acids is 1. The van der Waals surface area contributed by atoms with Crippen molar-refractivity contribution in [2.45, 2.75) is 55.6 Å². The zero-order chi connectivity index (χ0) is 32.2. The predicted molar refractivity (Wildman–Crippen MR) is 175 cm³/mol. The summed E-state index contributed by atoms with van der Waals surface area (Å²) in [6, 6.07) is 23.1. The second-order valence-electron chi connectivity index (χ2n) is 12.3. The highest BCUT2D eigenvalue weighted by Crippen LogP contribution is 2.42. The lowest BCUT2D eigenvalue weighted by molar-refractivity contribution is -0.146. The van der Waals surface area contributed by atoms with Crippen LogP contribution in [-0.2, 0) is 20.4 Å². The van der Waals surface area contributed by atoms with Crippen LogP contribution in [0.15, 0.2) is 78.9 Å². The summed E-state index contributed by atoms with van der Waals surface area (Å²) in [6.45, 7) is 4.53. The van der Waals surface area contributed by atoms with E-state index in [4.69, 9.17) is 23.2 Å². The molecule has 2 amide bonds. The highest BCUT2D eigenvalue weighted by molar-refractivity contribution is 6.42. The molecule has 0 aliphatic carbocycles. The Bertz CT molecular complexity index is 1510. The molecule has 3 aromatic carbocycles. The number of carbonyl (C=O) groups is 3. The lowest BCUT2D eigenvalue weighted by atomic mass is 9.71. The highest BCUT2D eigenvalue weighted by Gasteiger charge is 2.46. The molecule has 0 bridgehead atoms. The maximum Gasteiger partial charge on any atom is 0.328 e. The van der Waals surface area contributed by atoms with Gasteiger partial charge in [-0.25, -0.2) is 4.79 Å². The molecule has 3 unspecified atom stereocenters. The van der Waals surface area contributed by atoms with Gasteiger partial charge < -0.3 is 25.3 Å². The Morgan fingerprint density at radius 2 is 1.51 bits per heavy atom. The highest BCUT2D eigenvalue weighted by atomic mass is 35.5. The Morgan fingerprint density at radius 3 is 2.11 bits per heavy atom. The van der Waals surface area contributed by atoms with Crippen LogP contribution in [0.2, 0.25) is 10.0 Å². The van der Waals surface area contributed by atoms with Gasteiger partial charge in [0.05, 0.1) is 21.6 Å². The van der Waals surface area contributed by atoms with Crippen LogP contribution in [-0.4, -0.2) is 82.7 Å². The molecular formula is C35H39Cl2N3O5. The third-order valence-electron chi connectivity index (χ3n) is 9.61. The SMILES string of the molecule is CC(O)C(NC(=O)C1(c2ccccc2)CCN(CCC2(c3ccc(Cl)c(Cl)c3)CCN(C(=O)c3ccccc3)C2)CC1)C(=O)O. The second kappa shape index (κ2) is 13.9. The number of carbonyl (C=O) groups excluding carboxylic acids is 2. The summed E-state index contributed by atoms with van der Waals surface area (Å²) < 4.78 is 0. The van der Waals surface area contributed by atoms with E-state index >= 15 is 0 Å². The molecule has 2 fully saturated rings. The third-order valence-corrected chi connectivity index (χ3v) is 10.3. The van der Waals surface area contributed by atoms with Crippen LogP contribution in [0, 0.1) is 0 Å². The third kappa shape index (κ3) is 7.04. The number of piperidine rings is 1. The fourth-order valence-corrected chi connectivity index (χ4v) is 7.12. The van der Waals surface area contributed by atoms with Gasteiger partial charge in [-0.05, 0) is 87.6 Å². The van der Waals surface area contributed by atoms with Crippen molar-refractivity contribution in [1.82, 2.24) is 15.1 Å². The van der Waals surface area contributed by atoms with Crippen LogP contribution in [0.4, 0.5) is 0 Å². The summed E-state index contributed by atoms with van der Waals surface area (Å²) >= 11 is 12.8. The smallest absolute Gasteiger partial charge is 0.328 e. The number of halogens is 2. The van der Waals surface area contributed by atoms with E-state index < -0.39 is 23.5 Å². The maximum atomic E-state index is 13.8. The normalized spacial score (nSPS) is 21.2. The van der Waals surface area contributed by atoms with Gasteiger partial charge in [0.25, 0.3) is 5.91 Å². The van der Waals surface area contributed by atoms with Gasteiger partial charge in [-0.2, -0.15) is 0 Å². The van der Waals surface area contributed by atoms with E-state index in [2.05, 4.69) is 10.2 Å². The van der Waals surface area contributed by atoms with Crippen LogP contribution < -0.4 is 5.32 Å². The van der Waals surface area contributed by atoms with Crippen LogP contribution in [0.1, 0.15) is 54.1 Å². The number of hydrogen-bond donors (Lipinski definition) is 3. The molecule has 0 aromatic heterocycles. The maximum absolute atomic E-state index is 13.8. The van der Waals surface area contributed by atoms with Gasteiger partial charge >= 0.3 is 5.97 Å². The van der Waals surface area contributed by atoms with Crippen molar-refractivity contribution in [1.29, 1.82) is 0 Å². The van der Waals surface area contributed by atoms with Crippen LogP contribution in [0.3, 0.4) is 0 Å². The topological polar surface area (TPSA) is 110 Å². The first-order valence-corrected chi connectivity index (χ1v) is 16.1. The van der Waals surface area contributed by atoms with Crippen molar-refractivity contribution in [3.63, 3.8) is 0 Å². The van der Waals surface area contributed by atoms with Crippen LogP contribution in [0.5, 0.6) is 0 Å². The van der Waals surface area contributed by atoms with Crippen molar-refractivity contribution < 1.29 is 24.6 Å². The largest absolute Gasteiger partial charge is 0.480 e. The number of amides is 2. The van der Waals surface area contributed by atoms with E-state index in [1.54, 1.807) is 0 Å². The van der Waals surface area contributed by atoms with Crippen molar-refractivity contribution in [3.05, 3.63) is 106 Å². The first-order chi connectivity index (χ1) is 21.5. The van der Waals surface area contributed by atoms with Crippen molar-refractivity contribution >= 4 is 41.0 Å². The quantitative estimate of drug-likeness (QED) is 0.280. The van der Waals surface area contributed by atoms with Crippen LogP contribution >= 0.6 is 23.2 Å². The Morgan fingerprint density at radius 1 is 0.867 bits per heavy atom. The Balaban J connectivity index is 1.34. The van der Waals surface area contributed by atoms with Crippen molar-refractivity contribution in [2.75, 3.05) is 32.7 Å². The van der Waals surface area contributed by atoms with E-state index in [0.29, 0.717) is 54.6 Å². The first-order valence-electron chi connectivity index (χ1n) is 15.3. The zero-order valence-corrected chi connectivity index (χ0v) is 26.8. The van der Waals surface area contributed by atoms with E-state index in [1.165, 1.54) is 6.92 Å². The average molecular weight is 653 g/mol. The lowest BCUT2D eigenvalue weighted by Crippen LogP contribution is -2.57. The lowest BCUT2D eigenvalue weighted by Gasteiger charge is -2.42. The Kier molecular flexibility index (Phi) is 10.2. The molecule has 238 valence electrons. The molecule has 2 heterocycles. The molecule has 2 aliphatic heterocycles. The molecule has 3 aromatic rings. The van der Waals surface area contributed by atoms with Gasteiger partial charge in [0.2, 0.25) is 5.91 Å². The zero-order valence-electron chi connectivity index (χ0n) is 25.3. The molecule has 10 heteroatoms. The average Bonchev–Trinajstić information content (AvgIpc) is 3.49. The van der Waals surface area contributed by atoms with Crippen molar-refractivity contribution in [2.24, 2.45) is 0 Å². The summed E-state index contributed by atoms with van der Waals surface area (Å²) in [5.41, 5.74) is 1.29. The number of nitrogens with zero attached hydrogens (tertiary/aromatic N) is 2. The number of hydrogen-bond acceptors (Lipinski definition) is 5. The van der Waals surface area contributed by atoms with E-state index in [0.717, 1.165) is 30.5 Å². The number of rotatable bonds is 10. The number of likely N-dealkylation sites (tertiary alicyclic amines) is 2. The fourth-order valence-electron chi connectivity index (χ4n) is 6.82. The van der Waals surface area contributed by atoms with Gasteiger partial charge in [0, 0.05) is 24.1 Å². The predicted octanol–water partition coefficient (Wildman–Crippen LogP) is 5.15.